The average molecular weight is 373 g/mol. The number of carboxylic acids is 1. The monoisotopic (exact) mass is 373 g/mol. The molecule has 140 valence electrons. The van der Waals surface area contributed by atoms with Crippen molar-refractivity contribution in [2.45, 2.75) is 13.5 Å². The number of fused-ring (bicyclic) bond motifs is 2. The van der Waals surface area contributed by atoms with Gasteiger partial charge >= 0.3 is 5.97 Å². The summed E-state index contributed by atoms with van der Waals surface area (Å²) in [5.74, 6) is -0.888. The molecule has 0 amide bonds. The van der Waals surface area contributed by atoms with Gasteiger partial charge in [0.25, 0.3) is 5.52 Å². The summed E-state index contributed by atoms with van der Waals surface area (Å²) in [6.45, 7) is 2.72. The Morgan fingerprint density at radius 3 is 2.71 bits per heavy atom. The first-order valence-electron chi connectivity index (χ1n) is 9.20. The van der Waals surface area contributed by atoms with E-state index in [2.05, 4.69) is 42.2 Å². The van der Waals surface area contributed by atoms with Gasteiger partial charge in [-0.2, -0.15) is 4.57 Å². The normalized spacial score (nSPS) is 14.5. The SMILES string of the molecule is CCN1C(=Cc2cc[n+](CC(=O)O)c3c(O)cccc23)C=Cc2ccccc21. The van der Waals surface area contributed by atoms with Crippen LogP contribution in [0.1, 0.15) is 18.1 Å². The number of benzene rings is 2. The van der Waals surface area contributed by atoms with Gasteiger partial charge in [-0.3, -0.25) is 0 Å². The second-order valence-electron chi connectivity index (χ2n) is 6.67. The number of likely N-dealkylation sites (N-methyl/N-ethyl adjacent to an activating group) is 1. The molecular formula is C23H21N2O3+. The van der Waals surface area contributed by atoms with Crippen molar-refractivity contribution in [2.24, 2.45) is 0 Å². The summed E-state index contributed by atoms with van der Waals surface area (Å²) in [4.78, 5) is 13.4. The van der Waals surface area contributed by atoms with Crippen LogP contribution >= 0.6 is 0 Å². The minimum absolute atomic E-state index is 0.0656. The summed E-state index contributed by atoms with van der Waals surface area (Å²) >= 11 is 0. The zero-order valence-electron chi connectivity index (χ0n) is 15.5. The molecular weight excluding hydrogens is 352 g/mol. The van der Waals surface area contributed by atoms with Gasteiger partial charge in [0.1, 0.15) is 0 Å². The highest BCUT2D eigenvalue weighted by molar-refractivity contribution is 5.91. The molecule has 1 aliphatic heterocycles. The summed E-state index contributed by atoms with van der Waals surface area (Å²) in [6, 6.07) is 15.4. The fourth-order valence-corrected chi connectivity index (χ4v) is 3.72. The van der Waals surface area contributed by atoms with E-state index in [1.54, 1.807) is 22.9 Å². The average Bonchev–Trinajstić information content (AvgIpc) is 2.69. The van der Waals surface area contributed by atoms with Gasteiger partial charge in [0.15, 0.2) is 11.9 Å². The van der Waals surface area contributed by atoms with Crippen LogP contribution in [0.5, 0.6) is 5.75 Å². The van der Waals surface area contributed by atoms with Gasteiger partial charge in [-0.1, -0.05) is 30.3 Å². The number of hydrogen-bond acceptors (Lipinski definition) is 3. The van der Waals surface area contributed by atoms with Crippen LogP contribution < -0.4 is 9.47 Å². The van der Waals surface area contributed by atoms with Crippen molar-refractivity contribution in [3.05, 3.63) is 77.6 Å². The molecule has 2 aromatic carbocycles. The molecule has 2 heterocycles. The Labute approximate surface area is 163 Å². The minimum Gasteiger partial charge on any atom is -0.502 e. The summed E-state index contributed by atoms with van der Waals surface area (Å²) in [5, 5.41) is 20.3. The van der Waals surface area contributed by atoms with Crippen molar-refractivity contribution >= 4 is 34.7 Å². The van der Waals surface area contributed by atoms with Crippen LogP contribution in [0.2, 0.25) is 0 Å². The minimum atomic E-state index is -0.954. The first-order chi connectivity index (χ1) is 13.6. The van der Waals surface area contributed by atoms with Crippen molar-refractivity contribution in [3.8, 4) is 5.75 Å². The number of aromatic hydroxyl groups is 1. The van der Waals surface area contributed by atoms with Crippen LogP contribution in [-0.4, -0.2) is 22.7 Å². The molecule has 5 nitrogen and oxygen atoms in total. The molecule has 0 spiro atoms. The number of phenolic OH excluding ortho intramolecular Hbond substituents is 1. The highest BCUT2D eigenvalue weighted by Gasteiger charge is 2.20. The van der Waals surface area contributed by atoms with E-state index < -0.39 is 5.97 Å². The van der Waals surface area contributed by atoms with Crippen LogP contribution in [0.4, 0.5) is 5.69 Å². The second kappa shape index (κ2) is 7.19. The molecule has 28 heavy (non-hydrogen) atoms. The molecule has 1 aromatic heterocycles. The van der Waals surface area contributed by atoms with Crippen LogP contribution in [0.3, 0.4) is 0 Å². The highest BCUT2D eigenvalue weighted by atomic mass is 16.4. The maximum Gasteiger partial charge on any atom is 0.370 e. The lowest BCUT2D eigenvalue weighted by Crippen LogP contribution is -2.38. The molecule has 4 rings (SSSR count). The van der Waals surface area contributed by atoms with Crippen LogP contribution in [0.15, 0.2) is 66.5 Å². The van der Waals surface area contributed by atoms with Crippen LogP contribution in [0, 0.1) is 0 Å². The molecule has 0 atom stereocenters. The molecule has 2 N–H and O–H groups in total. The predicted octanol–water partition coefficient (Wildman–Crippen LogP) is 3.81. The van der Waals surface area contributed by atoms with Crippen molar-refractivity contribution in [1.82, 2.24) is 0 Å². The Bertz CT molecular complexity index is 1130. The molecule has 0 unspecified atom stereocenters. The van der Waals surface area contributed by atoms with E-state index in [-0.39, 0.29) is 12.3 Å². The molecule has 1 aliphatic rings. The third-order valence-electron chi connectivity index (χ3n) is 4.95. The fraction of sp³-hybridized carbons (Fsp3) is 0.130. The summed E-state index contributed by atoms with van der Waals surface area (Å²) in [6.07, 6.45) is 7.96. The largest absolute Gasteiger partial charge is 0.502 e. The molecule has 3 aromatic rings. The second-order valence-corrected chi connectivity index (χ2v) is 6.67. The molecule has 0 radical (unpaired) electrons. The number of nitrogens with zero attached hydrogens (tertiary/aromatic N) is 2. The number of hydrogen-bond donors (Lipinski definition) is 2. The lowest BCUT2D eigenvalue weighted by molar-refractivity contribution is -0.660. The van der Waals surface area contributed by atoms with E-state index >= 15 is 0 Å². The van der Waals surface area contributed by atoms with Gasteiger partial charge in [-0.15, -0.1) is 0 Å². The summed E-state index contributed by atoms with van der Waals surface area (Å²) in [7, 11) is 0. The third kappa shape index (κ3) is 3.11. The van der Waals surface area contributed by atoms with Gasteiger partial charge in [-0.05, 0) is 48.4 Å². The van der Waals surface area contributed by atoms with E-state index in [9.17, 15) is 15.0 Å². The topological polar surface area (TPSA) is 64.7 Å². The number of aliphatic carboxylic acids is 1. The Hall–Kier alpha value is -3.60. The summed E-state index contributed by atoms with van der Waals surface area (Å²) in [5.41, 5.74) is 4.81. The maximum atomic E-state index is 11.2. The lowest BCUT2D eigenvalue weighted by atomic mass is 10.0. The Balaban J connectivity index is 1.87. The van der Waals surface area contributed by atoms with Gasteiger partial charge in [0.2, 0.25) is 6.54 Å². The molecule has 0 saturated carbocycles. The lowest BCUT2D eigenvalue weighted by Gasteiger charge is -2.29. The summed E-state index contributed by atoms with van der Waals surface area (Å²) < 4.78 is 1.55. The van der Waals surface area contributed by atoms with E-state index in [4.69, 9.17) is 0 Å². The van der Waals surface area contributed by atoms with E-state index in [1.165, 1.54) is 5.56 Å². The number of carbonyl (C=O) groups is 1. The van der Waals surface area contributed by atoms with Crippen molar-refractivity contribution in [2.75, 3.05) is 11.4 Å². The number of allylic oxidation sites excluding steroid dienone is 1. The number of aromatic nitrogens is 1. The van der Waals surface area contributed by atoms with Crippen molar-refractivity contribution < 1.29 is 19.6 Å². The zero-order chi connectivity index (χ0) is 19.7. The smallest absolute Gasteiger partial charge is 0.370 e. The standard InChI is InChI=1S/C23H20N2O3/c1-2-25-18(11-10-16-6-3-4-8-20(16)25)14-17-12-13-24(15-22(27)28)23-19(17)7-5-9-21(23)26/h3-14H,2,15H2,1H3,(H-,26,27,28)/p+1. The first kappa shape index (κ1) is 17.8. The molecule has 0 aliphatic carbocycles. The number of pyridine rings is 1. The molecule has 5 heteroatoms. The van der Waals surface area contributed by atoms with Gasteiger partial charge < -0.3 is 15.1 Å². The number of rotatable bonds is 4. The number of para-hydroxylation sites is 2. The van der Waals surface area contributed by atoms with Gasteiger partial charge in [-0.25, -0.2) is 4.79 Å². The van der Waals surface area contributed by atoms with Gasteiger partial charge in [0.05, 0.1) is 5.39 Å². The first-order valence-corrected chi connectivity index (χ1v) is 9.20. The zero-order valence-corrected chi connectivity index (χ0v) is 15.5. The van der Waals surface area contributed by atoms with E-state index in [0.29, 0.717) is 5.52 Å². The Morgan fingerprint density at radius 1 is 1.11 bits per heavy atom. The van der Waals surface area contributed by atoms with Crippen molar-refractivity contribution in [3.63, 3.8) is 0 Å². The third-order valence-corrected chi connectivity index (χ3v) is 4.95. The molecule has 0 fully saturated rings. The Kier molecular flexibility index (Phi) is 4.57. The van der Waals surface area contributed by atoms with E-state index in [1.807, 2.05) is 24.3 Å². The quantitative estimate of drug-likeness (QED) is 0.683. The van der Waals surface area contributed by atoms with Crippen LogP contribution in [0.25, 0.3) is 23.1 Å². The molecule has 0 saturated heterocycles. The number of carboxylic acid groups (broad SMARTS) is 1. The highest BCUT2D eigenvalue weighted by Crippen LogP contribution is 2.32. The molecule has 0 bridgehead atoms. The number of anilines is 1. The van der Waals surface area contributed by atoms with Gasteiger partial charge in [0, 0.05) is 24.0 Å². The fourth-order valence-electron chi connectivity index (χ4n) is 3.72. The van der Waals surface area contributed by atoms with E-state index in [0.717, 1.165) is 28.9 Å². The van der Waals surface area contributed by atoms with Crippen LogP contribution in [-0.2, 0) is 11.3 Å². The maximum absolute atomic E-state index is 11.2. The number of phenols is 1. The predicted molar refractivity (Wildman–Crippen MR) is 110 cm³/mol. The Morgan fingerprint density at radius 2 is 1.93 bits per heavy atom. The van der Waals surface area contributed by atoms with Crippen molar-refractivity contribution in [1.29, 1.82) is 0 Å².